The first-order chi connectivity index (χ1) is 15.2. The lowest BCUT2D eigenvalue weighted by Gasteiger charge is -2.37. The molecule has 2 aliphatic rings. The molecule has 31 heavy (non-hydrogen) atoms. The van der Waals surface area contributed by atoms with Crippen LogP contribution in [-0.2, 0) is 0 Å². The van der Waals surface area contributed by atoms with Gasteiger partial charge < -0.3 is 15.4 Å². The number of rotatable bonds is 5. The van der Waals surface area contributed by atoms with E-state index < -0.39 is 0 Å². The first-order valence-electron chi connectivity index (χ1n) is 10.9. The lowest BCUT2D eigenvalue weighted by atomic mass is 9.77. The Morgan fingerprint density at radius 3 is 2.65 bits per heavy atom. The number of fused-ring (bicyclic) bond motifs is 3. The molecule has 0 saturated carbocycles. The molecule has 1 aliphatic heterocycles. The molecule has 0 aromatic heterocycles. The molecular weight excluding hydrogens is 384 g/mol. The molecular formula is C27H26N2O2. The molecule has 4 heteroatoms. The molecule has 0 bridgehead atoms. The Morgan fingerprint density at radius 1 is 1.06 bits per heavy atom. The van der Waals surface area contributed by atoms with Gasteiger partial charge in [0.05, 0.1) is 12.6 Å². The summed E-state index contributed by atoms with van der Waals surface area (Å²) >= 11 is 0. The highest BCUT2D eigenvalue weighted by Gasteiger charge is 2.38. The number of benzene rings is 3. The largest absolute Gasteiger partial charge is 0.494 e. The van der Waals surface area contributed by atoms with E-state index in [9.17, 15) is 4.79 Å². The van der Waals surface area contributed by atoms with Crippen molar-refractivity contribution in [1.29, 1.82) is 0 Å². The van der Waals surface area contributed by atoms with Gasteiger partial charge in [-0.15, -0.1) is 0 Å². The summed E-state index contributed by atoms with van der Waals surface area (Å²) in [6.07, 6.45) is 5.63. The predicted octanol–water partition coefficient (Wildman–Crippen LogP) is 6.16. The van der Waals surface area contributed by atoms with Crippen molar-refractivity contribution < 1.29 is 9.53 Å². The summed E-state index contributed by atoms with van der Waals surface area (Å²) in [6.45, 7) is 2.67. The minimum absolute atomic E-state index is 0.0879. The van der Waals surface area contributed by atoms with Gasteiger partial charge in [0.25, 0.3) is 5.91 Å². The summed E-state index contributed by atoms with van der Waals surface area (Å²) in [7, 11) is 0. The normalized spacial score (nSPS) is 21.0. The topological polar surface area (TPSA) is 50.4 Å². The standard InChI is InChI=1S/C27H26N2O2/c1-2-31-21-14-11-18(12-15-21)26-23-10-6-9-22(23)24-17-20(13-16-25(24)29-26)28-27(30)19-7-4-3-5-8-19/h3-9,11-17,22-23,26,29H,2,10H2,1H3,(H,28,30). The lowest BCUT2D eigenvalue weighted by Crippen LogP contribution is -2.29. The van der Waals surface area contributed by atoms with Crippen LogP contribution in [0.15, 0.2) is 84.9 Å². The van der Waals surface area contributed by atoms with E-state index in [0.717, 1.165) is 23.5 Å². The lowest BCUT2D eigenvalue weighted by molar-refractivity contribution is 0.102. The van der Waals surface area contributed by atoms with Crippen molar-refractivity contribution in [3.05, 3.63) is 102 Å². The number of carbonyl (C=O) groups excluding carboxylic acids is 1. The van der Waals surface area contributed by atoms with Crippen molar-refractivity contribution in [3.63, 3.8) is 0 Å². The van der Waals surface area contributed by atoms with Gasteiger partial charge >= 0.3 is 0 Å². The summed E-state index contributed by atoms with van der Waals surface area (Å²) in [6, 6.07) is 24.2. The van der Waals surface area contributed by atoms with Gasteiger partial charge in [0.1, 0.15) is 5.75 Å². The maximum Gasteiger partial charge on any atom is 0.255 e. The molecule has 3 atom stereocenters. The average Bonchev–Trinajstić information content (AvgIpc) is 3.30. The second-order valence-corrected chi connectivity index (χ2v) is 8.10. The molecule has 1 amide bonds. The van der Waals surface area contributed by atoms with Gasteiger partial charge in [0.2, 0.25) is 0 Å². The average molecular weight is 411 g/mol. The molecule has 0 radical (unpaired) electrons. The van der Waals surface area contributed by atoms with E-state index in [4.69, 9.17) is 4.74 Å². The highest BCUT2D eigenvalue weighted by Crippen LogP contribution is 2.50. The van der Waals surface area contributed by atoms with Gasteiger partial charge in [-0.3, -0.25) is 4.79 Å². The molecule has 4 nitrogen and oxygen atoms in total. The van der Waals surface area contributed by atoms with Crippen LogP contribution in [0.25, 0.3) is 0 Å². The second kappa shape index (κ2) is 8.31. The number of hydrogen-bond acceptors (Lipinski definition) is 3. The van der Waals surface area contributed by atoms with E-state index in [1.54, 1.807) is 0 Å². The minimum Gasteiger partial charge on any atom is -0.494 e. The fraction of sp³-hybridized carbons (Fsp3) is 0.222. The van der Waals surface area contributed by atoms with Gasteiger partial charge in [0.15, 0.2) is 0 Å². The zero-order valence-corrected chi connectivity index (χ0v) is 17.5. The van der Waals surface area contributed by atoms with Gasteiger partial charge in [-0.1, -0.05) is 42.5 Å². The van der Waals surface area contributed by atoms with E-state index in [1.165, 1.54) is 11.1 Å². The number of anilines is 2. The van der Waals surface area contributed by atoms with Gasteiger partial charge in [-0.25, -0.2) is 0 Å². The fourth-order valence-electron chi connectivity index (χ4n) is 4.73. The third-order valence-corrected chi connectivity index (χ3v) is 6.21. The number of hydrogen-bond donors (Lipinski definition) is 2. The molecule has 0 spiro atoms. The number of allylic oxidation sites excluding steroid dienone is 2. The first kappa shape index (κ1) is 19.4. The second-order valence-electron chi connectivity index (χ2n) is 8.10. The number of amides is 1. The molecule has 2 N–H and O–H groups in total. The highest BCUT2D eigenvalue weighted by atomic mass is 16.5. The Labute approximate surface area is 183 Å². The van der Waals surface area contributed by atoms with Crippen molar-refractivity contribution >= 4 is 17.3 Å². The third-order valence-electron chi connectivity index (χ3n) is 6.21. The van der Waals surface area contributed by atoms with Crippen LogP contribution in [0.5, 0.6) is 5.75 Å². The molecule has 0 saturated heterocycles. The SMILES string of the molecule is CCOc1ccc(C2Nc3ccc(NC(=O)c4ccccc4)cc3C3C=CCC32)cc1. The molecule has 156 valence electrons. The third kappa shape index (κ3) is 3.81. The van der Waals surface area contributed by atoms with E-state index in [1.807, 2.05) is 43.3 Å². The van der Waals surface area contributed by atoms with E-state index in [-0.39, 0.29) is 11.9 Å². The van der Waals surface area contributed by atoms with E-state index in [0.29, 0.717) is 24.0 Å². The minimum atomic E-state index is -0.0879. The molecule has 3 unspecified atom stereocenters. The molecule has 5 rings (SSSR count). The first-order valence-corrected chi connectivity index (χ1v) is 10.9. The van der Waals surface area contributed by atoms with Crippen molar-refractivity contribution in [2.45, 2.75) is 25.3 Å². The highest BCUT2D eigenvalue weighted by molar-refractivity contribution is 6.04. The van der Waals surface area contributed by atoms with Crippen LogP contribution in [0.2, 0.25) is 0 Å². The summed E-state index contributed by atoms with van der Waals surface area (Å²) in [5.74, 6) is 1.60. The van der Waals surface area contributed by atoms with Crippen molar-refractivity contribution in [1.82, 2.24) is 0 Å². The summed E-state index contributed by atoms with van der Waals surface area (Å²) in [4.78, 5) is 12.6. The van der Waals surface area contributed by atoms with Gasteiger partial charge in [0, 0.05) is 22.9 Å². The zero-order valence-electron chi connectivity index (χ0n) is 17.5. The number of nitrogens with one attached hydrogen (secondary N) is 2. The van der Waals surface area contributed by atoms with Gasteiger partial charge in [-0.05, 0) is 72.9 Å². The van der Waals surface area contributed by atoms with Crippen molar-refractivity contribution in [3.8, 4) is 5.75 Å². The predicted molar refractivity (Wildman–Crippen MR) is 125 cm³/mol. The van der Waals surface area contributed by atoms with E-state index in [2.05, 4.69) is 59.2 Å². The molecule has 1 heterocycles. The fourth-order valence-corrected chi connectivity index (χ4v) is 4.73. The number of ether oxygens (including phenoxy) is 1. The zero-order chi connectivity index (χ0) is 21.2. The van der Waals surface area contributed by atoms with Crippen LogP contribution < -0.4 is 15.4 Å². The number of carbonyl (C=O) groups is 1. The van der Waals surface area contributed by atoms with Crippen LogP contribution in [0.3, 0.4) is 0 Å². The maximum absolute atomic E-state index is 12.6. The molecule has 3 aromatic rings. The van der Waals surface area contributed by atoms with Crippen molar-refractivity contribution in [2.75, 3.05) is 17.2 Å². The monoisotopic (exact) mass is 410 g/mol. The van der Waals surface area contributed by atoms with Crippen LogP contribution in [-0.4, -0.2) is 12.5 Å². The Bertz CT molecular complexity index is 1110. The molecule has 0 fully saturated rings. The summed E-state index contributed by atoms with van der Waals surface area (Å²) < 4.78 is 5.60. The molecule has 1 aliphatic carbocycles. The van der Waals surface area contributed by atoms with Gasteiger partial charge in [-0.2, -0.15) is 0 Å². The summed E-state index contributed by atoms with van der Waals surface area (Å²) in [5.41, 5.74) is 5.13. The Balaban J connectivity index is 1.40. The Morgan fingerprint density at radius 2 is 1.87 bits per heavy atom. The van der Waals surface area contributed by atoms with Crippen LogP contribution in [0.4, 0.5) is 11.4 Å². The maximum atomic E-state index is 12.6. The molecule has 3 aromatic carbocycles. The van der Waals surface area contributed by atoms with Crippen molar-refractivity contribution in [2.24, 2.45) is 5.92 Å². The van der Waals surface area contributed by atoms with Crippen LogP contribution >= 0.6 is 0 Å². The summed E-state index contributed by atoms with van der Waals surface area (Å²) in [5, 5.41) is 6.80. The quantitative estimate of drug-likeness (QED) is 0.495. The van der Waals surface area contributed by atoms with Crippen LogP contribution in [0, 0.1) is 5.92 Å². The van der Waals surface area contributed by atoms with Crippen LogP contribution in [0.1, 0.15) is 46.8 Å². The van der Waals surface area contributed by atoms with E-state index >= 15 is 0 Å². The smallest absolute Gasteiger partial charge is 0.255 e. The Hall–Kier alpha value is -3.53. The Kier molecular flexibility index (Phi) is 5.21.